The van der Waals surface area contributed by atoms with Gasteiger partial charge in [0.05, 0.1) is 25.0 Å². The van der Waals surface area contributed by atoms with Crippen LogP contribution in [0, 0.1) is 0 Å². The van der Waals surface area contributed by atoms with Gasteiger partial charge in [0.25, 0.3) is 0 Å². The molecule has 4 rings (SSSR count). The van der Waals surface area contributed by atoms with E-state index in [1.165, 1.54) is 22.9 Å². The topological polar surface area (TPSA) is 47.6 Å². The highest BCUT2D eigenvalue weighted by atomic mass is 32.2. The fourth-order valence-corrected chi connectivity index (χ4v) is 4.26. The number of rotatable bonds is 4. The van der Waals surface area contributed by atoms with E-state index in [2.05, 4.69) is 29.6 Å². The van der Waals surface area contributed by atoms with E-state index >= 15 is 0 Å². The first kappa shape index (κ1) is 17.3. The molecular formula is C21H23NO3S. The second kappa shape index (κ2) is 8.04. The molecule has 0 fully saturated rings. The lowest BCUT2D eigenvalue weighted by Gasteiger charge is -2.26. The van der Waals surface area contributed by atoms with Crippen molar-refractivity contribution in [2.24, 2.45) is 0 Å². The summed E-state index contributed by atoms with van der Waals surface area (Å²) in [5, 5.41) is 3.20. The Hall–Kier alpha value is -2.14. The minimum absolute atomic E-state index is 0.0730. The first-order valence-electron chi connectivity index (χ1n) is 9.19. The summed E-state index contributed by atoms with van der Waals surface area (Å²) in [6.07, 6.45) is 4.13. The molecule has 1 amide bonds. The fourth-order valence-electron chi connectivity index (χ4n) is 3.52. The third-order valence-corrected chi connectivity index (χ3v) is 5.79. The summed E-state index contributed by atoms with van der Waals surface area (Å²) >= 11 is 1.53. The molecule has 0 saturated heterocycles. The normalized spacial score (nSPS) is 18.5. The first-order chi connectivity index (χ1) is 12.8. The lowest BCUT2D eigenvalue weighted by Crippen LogP contribution is -2.32. The zero-order valence-corrected chi connectivity index (χ0v) is 15.5. The number of carbonyl (C=O) groups excluding carboxylic acids is 1. The molecule has 0 radical (unpaired) electrons. The number of ether oxygens (including phenoxy) is 2. The lowest BCUT2D eigenvalue weighted by atomic mass is 9.88. The molecule has 0 saturated carbocycles. The summed E-state index contributed by atoms with van der Waals surface area (Å²) in [6, 6.07) is 14.4. The molecule has 1 heterocycles. The average molecular weight is 369 g/mol. The summed E-state index contributed by atoms with van der Waals surface area (Å²) in [7, 11) is 0. The van der Waals surface area contributed by atoms with Crippen molar-refractivity contribution in [3.63, 3.8) is 0 Å². The highest BCUT2D eigenvalue weighted by molar-refractivity contribution is 8.00. The SMILES string of the molecule is O=C(CSc1ccc2c(c1)OCCCO2)N[C@@H]1CCCc2ccccc21. The minimum Gasteiger partial charge on any atom is -0.490 e. The largest absolute Gasteiger partial charge is 0.490 e. The van der Waals surface area contributed by atoms with E-state index in [1.807, 2.05) is 18.2 Å². The molecule has 0 aromatic heterocycles. The Bertz CT molecular complexity index is 793. The Morgan fingerprint density at radius 1 is 1.08 bits per heavy atom. The van der Waals surface area contributed by atoms with Crippen LogP contribution in [0.25, 0.3) is 0 Å². The van der Waals surface area contributed by atoms with Crippen LogP contribution in [0.3, 0.4) is 0 Å². The predicted octanol–water partition coefficient (Wildman–Crippen LogP) is 4.13. The molecule has 0 unspecified atom stereocenters. The number of nitrogens with one attached hydrogen (secondary N) is 1. The van der Waals surface area contributed by atoms with Crippen LogP contribution in [-0.2, 0) is 11.2 Å². The van der Waals surface area contributed by atoms with Gasteiger partial charge in [-0.05, 0) is 48.6 Å². The average Bonchev–Trinajstić information content (AvgIpc) is 2.91. The van der Waals surface area contributed by atoms with E-state index < -0.39 is 0 Å². The van der Waals surface area contributed by atoms with Gasteiger partial charge in [-0.2, -0.15) is 0 Å². The number of aryl methyl sites for hydroxylation is 1. The number of fused-ring (bicyclic) bond motifs is 2. The van der Waals surface area contributed by atoms with Crippen LogP contribution in [0.5, 0.6) is 11.5 Å². The van der Waals surface area contributed by atoms with E-state index in [-0.39, 0.29) is 11.9 Å². The number of thioether (sulfide) groups is 1. The summed E-state index contributed by atoms with van der Waals surface area (Å²) in [6.45, 7) is 1.35. The number of carbonyl (C=O) groups is 1. The molecule has 4 nitrogen and oxygen atoms in total. The van der Waals surface area contributed by atoms with Crippen molar-refractivity contribution in [1.82, 2.24) is 5.32 Å². The third-order valence-electron chi connectivity index (χ3n) is 4.79. The van der Waals surface area contributed by atoms with Gasteiger partial charge >= 0.3 is 0 Å². The molecule has 1 aliphatic carbocycles. The Morgan fingerprint density at radius 2 is 1.92 bits per heavy atom. The summed E-state index contributed by atoms with van der Waals surface area (Å²) in [5.74, 6) is 2.03. The van der Waals surface area contributed by atoms with Crippen molar-refractivity contribution < 1.29 is 14.3 Å². The van der Waals surface area contributed by atoms with Gasteiger partial charge in [0.15, 0.2) is 11.5 Å². The van der Waals surface area contributed by atoms with Gasteiger partial charge in [0, 0.05) is 11.3 Å². The second-order valence-electron chi connectivity index (χ2n) is 6.66. The summed E-state index contributed by atoms with van der Waals surface area (Å²) in [4.78, 5) is 13.5. The van der Waals surface area contributed by atoms with Crippen LogP contribution in [-0.4, -0.2) is 24.9 Å². The maximum absolute atomic E-state index is 12.5. The second-order valence-corrected chi connectivity index (χ2v) is 7.71. The number of benzene rings is 2. The zero-order chi connectivity index (χ0) is 17.8. The van der Waals surface area contributed by atoms with Crippen molar-refractivity contribution in [3.05, 3.63) is 53.6 Å². The van der Waals surface area contributed by atoms with Crippen molar-refractivity contribution in [2.75, 3.05) is 19.0 Å². The van der Waals surface area contributed by atoms with E-state index in [0.29, 0.717) is 19.0 Å². The van der Waals surface area contributed by atoms with Crippen molar-refractivity contribution in [3.8, 4) is 11.5 Å². The lowest BCUT2D eigenvalue weighted by molar-refractivity contribution is -0.119. The molecule has 1 aliphatic heterocycles. The molecule has 26 heavy (non-hydrogen) atoms. The van der Waals surface area contributed by atoms with E-state index in [9.17, 15) is 4.79 Å². The molecule has 136 valence electrons. The molecule has 1 N–H and O–H groups in total. The van der Waals surface area contributed by atoms with Crippen molar-refractivity contribution >= 4 is 17.7 Å². The first-order valence-corrected chi connectivity index (χ1v) is 10.2. The molecular weight excluding hydrogens is 346 g/mol. The van der Waals surface area contributed by atoms with Crippen molar-refractivity contribution in [1.29, 1.82) is 0 Å². The smallest absolute Gasteiger partial charge is 0.230 e. The maximum atomic E-state index is 12.5. The molecule has 0 spiro atoms. The molecule has 5 heteroatoms. The van der Waals surface area contributed by atoms with Crippen LogP contribution in [0.2, 0.25) is 0 Å². The van der Waals surface area contributed by atoms with Crippen LogP contribution in [0.15, 0.2) is 47.4 Å². The van der Waals surface area contributed by atoms with Crippen LogP contribution >= 0.6 is 11.8 Å². The predicted molar refractivity (Wildman–Crippen MR) is 103 cm³/mol. The van der Waals surface area contributed by atoms with Gasteiger partial charge in [-0.3, -0.25) is 4.79 Å². The summed E-state index contributed by atoms with van der Waals surface area (Å²) < 4.78 is 11.4. The Labute approximate surface area is 158 Å². The zero-order valence-electron chi connectivity index (χ0n) is 14.7. The fraction of sp³-hybridized carbons (Fsp3) is 0.381. The van der Waals surface area contributed by atoms with Gasteiger partial charge in [-0.1, -0.05) is 24.3 Å². The van der Waals surface area contributed by atoms with Crippen molar-refractivity contribution in [2.45, 2.75) is 36.6 Å². The third kappa shape index (κ3) is 3.98. The molecule has 2 aromatic rings. The van der Waals surface area contributed by atoms with E-state index in [1.54, 1.807) is 0 Å². The molecule has 1 atom stereocenters. The Kier molecular flexibility index (Phi) is 5.34. The van der Waals surface area contributed by atoms with Gasteiger partial charge in [-0.25, -0.2) is 0 Å². The van der Waals surface area contributed by atoms with Crippen LogP contribution in [0.1, 0.15) is 36.4 Å². The highest BCUT2D eigenvalue weighted by Gasteiger charge is 2.21. The number of amides is 1. The quantitative estimate of drug-likeness (QED) is 0.823. The molecule has 2 aliphatic rings. The van der Waals surface area contributed by atoms with Gasteiger partial charge in [0.2, 0.25) is 5.91 Å². The van der Waals surface area contributed by atoms with Gasteiger partial charge in [0.1, 0.15) is 0 Å². The van der Waals surface area contributed by atoms with Gasteiger partial charge in [-0.15, -0.1) is 11.8 Å². The van der Waals surface area contributed by atoms with Crippen LogP contribution in [0.4, 0.5) is 0 Å². The standard InChI is InChI=1S/C21H23NO3S/c23-21(22-18-8-3-6-15-5-1-2-7-17(15)18)14-26-16-9-10-19-20(13-16)25-12-4-11-24-19/h1-2,5,7,9-10,13,18H,3-4,6,8,11-12,14H2,(H,22,23)/t18-/m1/s1. The Morgan fingerprint density at radius 3 is 2.85 bits per heavy atom. The summed E-state index contributed by atoms with van der Waals surface area (Å²) in [5.41, 5.74) is 2.63. The number of hydrogen-bond donors (Lipinski definition) is 1. The highest BCUT2D eigenvalue weighted by Crippen LogP contribution is 2.34. The molecule has 2 aromatic carbocycles. The maximum Gasteiger partial charge on any atom is 0.230 e. The molecule has 0 bridgehead atoms. The van der Waals surface area contributed by atoms with E-state index in [0.717, 1.165) is 42.1 Å². The minimum atomic E-state index is 0.0730. The monoisotopic (exact) mass is 369 g/mol. The Balaban J connectivity index is 1.36. The van der Waals surface area contributed by atoms with Gasteiger partial charge < -0.3 is 14.8 Å². The van der Waals surface area contributed by atoms with Crippen LogP contribution < -0.4 is 14.8 Å². The number of hydrogen-bond acceptors (Lipinski definition) is 4. The van der Waals surface area contributed by atoms with E-state index in [4.69, 9.17) is 9.47 Å².